The summed E-state index contributed by atoms with van der Waals surface area (Å²) in [4.78, 5) is 11.8. The van der Waals surface area contributed by atoms with E-state index in [1.54, 1.807) is 7.11 Å². The van der Waals surface area contributed by atoms with E-state index in [9.17, 15) is 4.79 Å². The molecule has 1 amide bonds. The minimum Gasteiger partial charge on any atom is -0.396 e. The molecule has 100 valence electrons. The summed E-state index contributed by atoms with van der Waals surface area (Å²) in [7, 11) is 1.65. The maximum atomic E-state index is 11.8. The molecular formula is C12H16Cl2N2O2. The number of methoxy groups -OCH3 is 1. The van der Waals surface area contributed by atoms with Gasteiger partial charge >= 0.3 is 0 Å². The maximum Gasteiger partial charge on any atom is 0.251 e. The normalized spacial score (nSPS) is 10.4. The Bertz CT molecular complexity index is 402. The number of benzene rings is 1. The monoisotopic (exact) mass is 290 g/mol. The van der Waals surface area contributed by atoms with Gasteiger partial charge in [0.05, 0.1) is 15.7 Å². The molecule has 0 saturated heterocycles. The second-order valence-corrected chi connectivity index (χ2v) is 4.62. The molecule has 0 unspecified atom stereocenters. The number of rotatable bonds is 6. The second-order valence-electron chi connectivity index (χ2n) is 3.81. The Morgan fingerprint density at radius 3 is 2.50 bits per heavy atom. The van der Waals surface area contributed by atoms with Gasteiger partial charge in [-0.1, -0.05) is 23.2 Å². The summed E-state index contributed by atoms with van der Waals surface area (Å²) >= 11 is 11.7. The zero-order valence-electron chi connectivity index (χ0n) is 10.1. The number of nitrogen functional groups attached to an aromatic ring is 1. The smallest absolute Gasteiger partial charge is 0.251 e. The van der Waals surface area contributed by atoms with Crippen molar-refractivity contribution < 1.29 is 9.53 Å². The average Bonchev–Trinajstić information content (AvgIpc) is 2.34. The lowest BCUT2D eigenvalue weighted by atomic mass is 10.2. The minimum atomic E-state index is -0.212. The molecule has 18 heavy (non-hydrogen) atoms. The van der Waals surface area contributed by atoms with E-state index in [0.29, 0.717) is 18.7 Å². The fraction of sp³-hybridized carbons (Fsp3) is 0.417. The van der Waals surface area contributed by atoms with E-state index in [4.69, 9.17) is 33.7 Å². The van der Waals surface area contributed by atoms with Crippen LogP contribution in [0, 0.1) is 0 Å². The first-order valence-electron chi connectivity index (χ1n) is 5.58. The summed E-state index contributed by atoms with van der Waals surface area (Å²) in [5.41, 5.74) is 6.29. The molecule has 6 heteroatoms. The van der Waals surface area contributed by atoms with Gasteiger partial charge < -0.3 is 15.8 Å². The van der Waals surface area contributed by atoms with Gasteiger partial charge in [0.25, 0.3) is 5.91 Å². The highest BCUT2D eigenvalue weighted by Crippen LogP contribution is 2.28. The molecule has 4 nitrogen and oxygen atoms in total. The van der Waals surface area contributed by atoms with Crippen molar-refractivity contribution in [2.45, 2.75) is 12.8 Å². The van der Waals surface area contributed by atoms with Crippen LogP contribution in [0.4, 0.5) is 5.69 Å². The van der Waals surface area contributed by atoms with E-state index in [1.807, 2.05) is 0 Å². The topological polar surface area (TPSA) is 64.3 Å². The lowest BCUT2D eigenvalue weighted by Gasteiger charge is -2.07. The quantitative estimate of drug-likeness (QED) is 0.625. The number of carbonyl (C=O) groups excluding carboxylic acids is 1. The summed E-state index contributed by atoms with van der Waals surface area (Å²) < 4.78 is 4.92. The van der Waals surface area contributed by atoms with E-state index in [2.05, 4.69) is 5.32 Å². The average molecular weight is 291 g/mol. The van der Waals surface area contributed by atoms with Crippen LogP contribution < -0.4 is 11.1 Å². The van der Waals surface area contributed by atoms with Crippen LogP contribution in [0.5, 0.6) is 0 Å². The lowest BCUT2D eigenvalue weighted by Crippen LogP contribution is -2.24. The molecule has 0 saturated carbocycles. The molecule has 1 rings (SSSR count). The van der Waals surface area contributed by atoms with Crippen LogP contribution in [0.15, 0.2) is 12.1 Å². The number of amides is 1. The number of halogens is 2. The standard InChI is InChI=1S/C12H16Cl2N2O2/c1-18-5-3-2-4-16-12(17)8-6-9(13)11(15)10(14)7-8/h6-7H,2-5,15H2,1H3,(H,16,17). The van der Waals surface area contributed by atoms with Crippen LogP contribution in [0.1, 0.15) is 23.2 Å². The third-order valence-electron chi connectivity index (χ3n) is 2.40. The Labute approximate surface area is 116 Å². The first-order chi connectivity index (χ1) is 8.56. The molecule has 0 radical (unpaired) electrons. The predicted octanol–water partition coefficient (Wildman–Crippen LogP) is 2.73. The molecule has 0 atom stereocenters. The van der Waals surface area contributed by atoms with Crippen LogP contribution in [-0.2, 0) is 4.74 Å². The van der Waals surface area contributed by atoms with Crippen LogP contribution in [-0.4, -0.2) is 26.2 Å². The first kappa shape index (κ1) is 15.1. The van der Waals surface area contributed by atoms with Crippen molar-refractivity contribution in [3.8, 4) is 0 Å². The predicted molar refractivity (Wildman–Crippen MR) is 74.3 cm³/mol. The number of hydrogen-bond donors (Lipinski definition) is 2. The summed E-state index contributed by atoms with van der Waals surface area (Å²) in [6.45, 7) is 1.28. The molecule has 0 fully saturated rings. The molecular weight excluding hydrogens is 275 g/mol. The van der Waals surface area contributed by atoms with E-state index in [1.165, 1.54) is 12.1 Å². The SMILES string of the molecule is COCCCCNC(=O)c1cc(Cl)c(N)c(Cl)c1. The second kappa shape index (κ2) is 7.46. The first-order valence-corrected chi connectivity index (χ1v) is 6.33. The van der Waals surface area contributed by atoms with Crippen molar-refractivity contribution in [2.24, 2.45) is 0 Å². The summed E-state index contributed by atoms with van der Waals surface area (Å²) in [5, 5.41) is 3.35. The third kappa shape index (κ3) is 4.37. The molecule has 0 aliphatic heterocycles. The number of carbonyl (C=O) groups is 1. The van der Waals surface area contributed by atoms with Gasteiger partial charge in [-0.3, -0.25) is 4.79 Å². The minimum absolute atomic E-state index is 0.212. The number of nitrogens with two attached hydrogens (primary N) is 1. The van der Waals surface area contributed by atoms with Crippen LogP contribution in [0.25, 0.3) is 0 Å². The number of nitrogens with one attached hydrogen (secondary N) is 1. The van der Waals surface area contributed by atoms with Crippen molar-refractivity contribution in [1.82, 2.24) is 5.32 Å². The highest BCUT2D eigenvalue weighted by Gasteiger charge is 2.10. The molecule has 3 N–H and O–H groups in total. The van der Waals surface area contributed by atoms with Crippen LogP contribution >= 0.6 is 23.2 Å². The van der Waals surface area contributed by atoms with Gasteiger partial charge in [-0.25, -0.2) is 0 Å². The van der Waals surface area contributed by atoms with Crippen LogP contribution in [0.2, 0.25) is 10.0 Å². The van der Waals surface area contributed by atoms with Gasteiger partial charge in [0, 0.05) is 25.8 Å². The van der Waals surface area contributed by atoms with Crippen molar-refractivity contribution in [3.05, 3.63) is 27.7 Å². The van der Waals surface area contributed by atoms with E-state index < -0.39 is 0 Å². The highest BCUT2D eigenvalue weighted by molar-refractivity contribution is 6.39. The molecule has 0 spiro atoms. The Morgan fingerprint density at radius 2 is 1.94 bits per heavy atom. The molecule has 0 heterocycles. The van der Waals surface area contributed by atoms with E-state index in [0.717, 1.165) is 12.8 Å². The number of hydrogen-bond acceptors (Lipinski definition) is 3. The number of unbranched alkanes of at least 4 members (excludes halogenated alkanes) is 1. The largest absolute Gasteiger partial charge is 0.396 e. The van der Waals surface area contributed by atoms with E-state index in [-0.39, 0.29) is 21.6 Å². The zero-order chi connectivity index (χ0) is 13.5. The molecule has 0 aliphatic rings. The van der Waals surface area contributed by atoms with Gasteiger partial charge in [0.1, 0.15) is 0 Å². The maximum absolute atomic E-state index is 11.8. The Morgan fingerprint density at radius 1 is 1.33 bits per heavy atom. The van der Waals surface area contributed by atoms with Crippen molar-refractivity contribution >= 4 is 34.8 Å². The molecule has 1 aromatic carbocycles. The number of ether oxygens (including phenoxy) is 1. The molecule has 0 aromatic heterocycles. The van der Waals surface area contributed by atoms with Crippen molar-refractivity contribution in [1.29, 1.82) is 0 Å². The molecule has 1 aromatic rings. The van der Waals surface area contributed by atoms with E-state index >= 15 is 0 Å². The van der Waals surface area contributed by atoms with Gasteiger partial charge in [-0.2, -0.15) is 0 Å². The Kier molecular flexibility index (Phi) is 6.25. The zero-order valence-corrected chi connectivity index (χ0v) is 11.6. The highest BCUT2D eigenvalue weighted by atomic mass is 35.5. The van der Waals surface area contributed by atoms with Gasteiger partial charge in [-0.05, 0) is 25.0 Å². The number of anilines is 1. The fourth-order valence-electron chi connectivity index (χ4n) is 1.39. The van der Waals surface area contributed by atoms with Gasteiger partial charge in [0.2, 0.25) is 0 Å². The van der Waals surface area contributed by atoms with Crippen molar-refractivity contribution in [3.63, 3.8) is 0 Å². The van der Waals surface area contributed by atoms with Crippen molar-refractivity contribution in [2.75, 3.05) is 26.0 Å². The van der Waals surface area contributed by atoms with Gasteiger partial charge in [-0.15, -0.1) is 0 Å². The third-order valence-corrected chi connectivity index (χ3v) is 3.03. The van der Waals surface area contributed by atoms with Gasteiger partial charge in [0.15, 0.2) is 0 Å². The molecule has 0 aliphatic carbocycles. The fourth-order valence-corrected chi connectivity index (χ4v) is 1.88. The Balaban J connectivity index is 2.52. The lowest BCUT2D eigenvalue weighted by molar-refractivity contribution is 0.0951. The van der Waals surface area contributed by atoms with Crippen LogP contribution in [0.3, 0.4) is 0 Å². The Hall–Kier alpha value is -0.970. The summed E-state index contributed by atoms with van der Waals surface area (Å²) in [6, 6.07) is 3.01. The summed E-state index contributed by atoms with van der Waals surface area (Å²) in [6.07, 6.45) is 1.76. The molecule has 0 bridgehead atoms. The summed E-state index contributed by atoms with van der Waals surface area (Å²) in [5.74, 6) is -0.212.